The van der Waals surface area contributed by atoms with Crippen molar-refractivity contribution in [1.29, 1.82) is 0 Å². The van der Waals surface area contributed by atoms with E-state index in [1.807, 2.05) is 13.2 Å². The molecule has 0 unspecified atom stereocenters. The highest BCUT2D eigenvalue weighted by Gasteiger charge is 2.12. The molecular weight excluding hydrogens is 461 g/mol. The molecule has 0 aliphatic carbocycles. The number of nitrogens with one attached hydrogen (secondary N) is 2. The maximum absolute atomic E-state index is 4.55. The van der Waals surface area contributed by atoms with Crippen LogP contribution < -0.4 is 15.5 Å². The van der Waals surface area contributed by atoms with Crippen molar-refractivity contribution in [2.24, 2.45) is 4.99 Å². The van der Waals surface area contributed by atoms with Gasteiger partial charge >= 0.3 is 0 Å². The number of aryl methyl sites for hydroxylation is 1. The van der Waals surface area contributed by atoms with Crippen LogP contribution in [0.2, 0.25) is 0 Å². The first-order valence-corrected chi connectivity index (χ1v) is 10.0. The number of halogens is 1. The summed E-state index contributed by atoms with van der Waals surface area (Å²) in [5, 5.41) is 6.81. The van der Waals surface area contributed by atoms with E-state index in [1.54, 1.807) is 0 Å². The minimum absolute atomic E-state index is 0. The molecule has 2 aromatic rings. The molecular formula is C22H32IN5. The number of guanidine groups is 1. The number of rotatable bonds is 7. The fraction of sp³-hybridized carbons (Fsp3) is 0.455. The van der Waals surface area contributed by atoms with Gasteiger partial charge in [-0.3, -0.25) is 4.99 Å². The number of nitrogens with zero attached hydrogens (tertiary/aromatic N) is 3. The molecule has 1 fully saturated rings. The Morgan fingerprint density at radius 1 is 1.04 bits per heavy atom. The Hall–Kier alpha value is -1.83. The zero-order chi connectivity index (χ0) is 18.7. The van der Waals surface area contributed by atoms with E-state index in [-0.39, 0.29) is 24.0 Å². The van der Waals surface area contributed by atoms with Gasteiger partial charge < -0.3 is 15.5 Å². The van der Waals surface area contributed by atoms with E-state index in [4.69, 9.17) is 0 Å². The second-order valence-electron chi connectivity index (χ2n) is 7.01. The number of aromatic nitrogens is 1. The van der Waals surface area contributed by atoms with Crippen LogP contribution in [0.1, 0.15) is 36.8 Å². The average molecular weight is 493 g/mol. The first-order valence-electron chi connectivity index (χ1n) is 10.0. The molecule has 1 aromatic heterocycles. The molecule has 28 heavy (non-hydrogen) atoms. The molecule has 5 nitrogen and oxygen atoms in total. The van der Waals surface area contributed by atoms with Crippen LogP contribution >= 0.6 is 24.0 Å². The molecule has 1 aromatic carbocycles. The summed E-state index contributed by atoms with van der Waals surface area (Å²) < 4.78 is 0. The molecule has 1 aliphatic heterocycles. The Labute approximate surface area is 186 Å². The van der Waals surface area contributed by atoms with E-state index >= 15 is 0 Å². The van der Waals surface area contributed by atoms with Crippen molar-refractivity contribution in [3.8, 4) is 0 Å². The van der Waals surface area contributed by atoms with Crippen LogP contribution in [-0.2, 0) is 13.0 Å². The molecule has 1 aliphatic rings. The number of aliphatic imine (C=N–C) groups is 1. The summed E-state index contributed by atoms with van der Waals surface area (Å²) in [5.41, 5.74) is 2.61. The quantitative estimate of drug-likeness (QED) is 0.265. The fourth-order valence-corrected chi connectivity index (χ4v) is 3.42. The number of hydrogen-bond donors (Lipinski definition) is 2. The Kier molecular flexibility index (Phi) is 10.1. The van der Waals surface area contributed by atoms with Gasteiger partial charge in [0.05, 0.1) is 0 Å². The predicted octanol–water partition coefficient (Wildman–Crippen LogP) is 3.99. The summed E-state index contributed by atoms with van der Waals surface area (Å²) in [4.78, 5) is 11.3. The maximum atomic E-state index is 4.55. The molecule has 2 heterocycles. The first-order chi connectivity index (χ1) is 13.3. The number of benzene rings is 1. The summed E-state index contributed by atoms with van der Waals surface area (Å²) in [6.07, 6.45) is 7.95. The summed E-state index contributed by atoms with van der Waals surface area (Å²) >= 11 is 0. The standard InChI is InChI=1S/C22H31N5.HI/c1-23-22(25-13-8-11-19-9-4-2-5-10-19)26-18-20-12-14-24-21(17-20)27-15-6-3-7-16-27;/h2,4-5,9-10,12,14,17H,3,6-8,11,13,15-16,18H2,1H3,(H2,23,25,26);1H. The normalized spacial score (nSPS) is 14.3. The largest absolute Gasteiger partial charge is 0.357 e. The molecule has 0 spiro atoms. The van der Waals surface area contributed by atoms with Crippen LogP contribution in [0, 0.1) is 0 Å². The van der Waals surface area contributed by atoms with Crippen LogP contribution in [0.4, 0.5) is 5.82 Å². The van der Waals surface area contributed by atoms with E-state index < -0.39 is 0 Å². The molecule has 0 atom stereocenters. The summed E-state index contributed by atoms with van der Waals surface area (Å²) in [6, 6.07) is 14.9. The highest BCUT2D eigenvalue weighted by atomic mass is 127. The molecule has 1 saturated heterocycles. The number of anilines is 1. The van der Waals surface area contributed by atoms with Crippen LogP contribution in [0.15, 0.2) is 53.7 Å². The molecule has 3 rings (SSSR count). The fourth-order valence-electron chi connectivity index (χ4n) is 3.42. The summed E-state index contributed by atoms with van der Waals surface area (Å²) in [7, 11) is 1.82. The second-order valence-corrected chi connectivity index (χ2v) is 7.01. The molecule has 6 heteroatoms. The van der Waals surface area contributed by atoms with Gasteiger partial charge in [0.15, 0.2) is 5.96 Å². The van der Waals surface area contributed by atoms with E-state index in [0.29, 0.717) is 0 Å². The molecule has 0 bridgehead atoms. The van der Waals surface area contributed by atoms with Crippen molar-refractivity contribution in [2.75, 3.05) is 31.6 Å². The monoisotopic (exact) mass is 493 g/mol. The smallest absolute Gasteiger partial charge is 0.191 e. The molecule has 152 valence electrons. The lowest BCUT2D eigenvalue weighted by Gasteiger charge is -2.28. The van der Waals surface area contributed by atoms with Crippen LogP contribution in [0.5, 0.6) is 0 Å². The molecule has 0 radical (unpaired) electrons. The lowest BCUT2D eigenvalue weighted by molar-refractivity contribution is 0.573. The summed E-state index contributed by atoms with van der Waals surface area (Å²) in [6.45, 7) is 3.90. The zero-order valence-electron chi connectivity index (χ0n) is 16.7. The van der Waals surface area contributed by atoms with Crippen LogP contribution in [-0.4, -0.2) is 37.6 Å². The van der Waals surface area contributed by atoms with E-state index in [9.17, 15) is 0 Å². The Balaban J connectivity index is 0.00000280. The number of pyridine rings is 1. The van der Waals surface area contributed by atoms with Gasteiger partial charge in [-0.1, -0.05) is 30.3 Å². The average Bonchev–Trinajstić information content (AvgIpc) is 2.75. The lowest BCUT2D eigenvalue weighted by Crippen LogP contribution is -2.37. The van der Waals surface area contributed by atoms with Gasteiger partial charge in [0, 0.05) is 39.4 Å². The lowest BCUT2D eigenvalue weighted by atomic mass is 10.1. The highest BCUT2D eigenvalue weighted by molar-refractivity contribution is 14.0. The van der Waals surface area contributed by atoms with Gasteiger partial charge in [0.25, 0.3) is 0 Å². The van der Waals surface area contributed by atoms with Gasteiger partial charge in [-0.05, 0) is 55.4 Å². The van der Waals surface area contributed by atoms with E-state index in [0.717, 1.165) is 50.8 Å². The molecule has 0 amide bonds. The summed E-state index contributed by atoms with van der Waals surface area (Å²) in [5.74, 6) is 1.94. The van der Waals surface area contributed by atoms with Crippen molar-refractivity contribution in [1.82, 2.24) is 15.6 Å². The minimum atomic E-state index is 0. The van der Waals surface area contributed by atoms with Crippen LogP contribution in [0.25, 0.3) is 0 Å². The minimum Gasteiger partial charge on any atom is -0.357 e. The van der Waals surface area contributed by atoms with Gasteiger partial charge in [-0.25, -0.2) is 4.98 Å². The van der Waals surface area contributed by atoms with E-state index in [1.165, 1.54) is 30.4 Å². The second kappa shape index (κ2) is 12.6. The first kappa shape index (κ1) is 22.5. The Bertz CT molecular complexity index is 714. The van der Waals surface area contributed by atoms with Gasteiger partial charge in [-0.15, -0.1) is 24.0 Å². The Morgan fingerprint density at radius 3 is 2.57 bits per heavy atom. The van der Waals surface area contributed by atoms with Crippen molar-refractivity contribution in [2.45, 2.75) is 38.6 Å². The topological polar surface area (TPSA) is 52.6 Å². The van der Waals surface area contributed by atoms with E-state index in [2.05, 4.69) is 68.0 Å². The van der Waals surface area contributed by atoms with Crippen molar-refractivity contribution < 1.29 is 0 Å². The van der Waals surface area contributed by atoms with Crippen molar-refractivity contribution in [3.05, 3.63) is 59.8 Å². The molecule has 2 N–H and O–H groups in total. The Morgan fingerprint density at radius 2 is 1.82 bits per heavy atom. The zero-order valence-corrected chi connectivity index (χ0v) is 19.1. The third-order valence-electron chi connectivity index (χ3n) is 4.95. The predicted molar refractivity (Wildman–Crippen MR) is 129 cm³/mol. The third kappa shape index (κ3) is 7.30. The van der Waals surface area contributed by atoms with Gasteiger partial charge in [0.2, 0.25) is 0 Å². The van der Waals surface area contributed by atoms with Gasteiger partial charge in [0.1, 0.15) is 5.82 Å². The third-order valence-corrected chi connectivity index (χ3v) is 4.95. The number of piperidine rings is 1. The van der Waals surface area contributed by atoms with Gasteiger partial charge in [-0.2, -0.15) is 0 Å². The number of hydrogen-bond acceptors (Lipinski definition) is 3. The van der Waals surface area contributed by atoms with Crippen LogP contribution in [0.3, 0.4) is 0 Å². The SMILES string of the molecule is CN=C(NCCCc1ccccc1)NCc1ccnc(N2CCCCC2)c1.I. The van der Waals surface area contributed by atoms with Crippen molar-refractivity contribution in [3.63, 3.8) is 0 Å². The highest BCUT2D eigenvalue weighted by Crippen LogP contribution is 2.18. The molecule has 0 saturated carbocycles. The maximum Gasteiger partial charge on any atom is 0.191 e. The van der Waals surface area contributed by atoms with Crippen molar-refractivity contribution >= 4 is 35.8 Å².